The highest BCUT2D eigenvalue weighted by Crippen LogP contribution is 2.23. The highest BCUT2D eigenvalue weighted by atomic mass is 16.2. The molecule has 0 aromatic heterocycles. The van der Waals surface area contributed by atoms with Crippen LogP contribution in [0.25, 0.3) is 0 Å². The Morgan fingerprint density at radius 3 is 2.58 bits per heavy atom. The van der Waals surface area contributed by atoms with Crippen molar-refractivity contribution >= 4 is 11.6 Å². The number of hydrogen-bond donors (Lipinski definition) is 1. The van der Waals surface area contributed by atoms with Crippen LogP contribution in [0.3, 0.4) is 0 Å². The number of benzene rings is 1. The molecule has 1 aliphatic rings. The van der Waals surface area contributed by atoms with E-state index in [-0.39, 0.29) is 5.91 Å². The zero-order valence-corrected chi connectivity index (χ0v) is 11.6. The van der Waals surface area contributed by atoms with Crippen molar-refractivity contribution in [2.24, 2.45) is 0 Å². The highest BCUT2D eigenvalue weighted by molar-refractivity contribution is 6.00. The predicted octanol–water partition coefficient (Wildman–Crippen LogP) is 2.05. The van der Waals surface area contributed by atoms with Crippen molar-refractivity contribution < 1.29 is 4.79 Å². The van der Waals surface area contributed by atoms with E-state index >= 15 is 0 Å². The minimum absolute atomic E-state index is 0.0709. The van der Waals surface area contributed by atoms with E-state index in [2.05, 4.69) is 18.3 Å². The number of carbonyl (C=O) groups excluding carboxylic acids is 1. The van der Waals surface area contributed by atoms with E-state index in [0.29, 0.717) is 18.2 Å². The zero-order valence-electron chi connectivity index (χ0n) is 11.6. The van der Waals surface area contributed by atoms with Gasteiger partial charge < -0.3 is 10.2 Å². The molecular weight excluding hydrogens is 238 g/mol. The van der Waals surface area contributed by atoms with E-state index in [9.17, 15) is 4.79 Å². The molecule has 2 rings (SSSR count). The number of hydrogen-bond acceptors (Lipinski definition) is 3. The summed E-state index contributed by atoms with van der Waals surface area (Å²) in [6, 6.07) is 9.56. The normalized spacial score (nSPS) is 22.7. The van der Waals surface area contributed by atoms with Crippen LogP contribution in [0.5, 0.6) is 0 Å². The maximum atomic E-state index is 12.6. The van der Waals surface area contributed by atoms with Crippen LogP contribution in [-0.4, -0.2) is 24.0 Å². The molecule has 0 spiro atoms. The van der Waals surface area contributed by atoms with E-state index < -0.39 is 5.54 Å². The first kappa shape index (κ1) is 13.6. The van der Waals surface area contributed by atoms with E-state index in [1.165, 1.54) is 0 Å². The summed E-state index contributed by atoms with van der Waals surface area (Å²) in [6.45, 7) is 6.61. The molecule has 4 nitrogen and oxygen atoms in total. The molecule has 1 heterocycles. The summed E-state index contributed by atoms with van der Waals surface area (Å²) in [4.78, 5) is 14.4. The molecular formula is C15H19N3O. The lowest BCUT2D eigenvalue weighted by atomic mass is 10.0. The summed E-state index contributed by atoms with van der Waals surface area (Å²) in [5.74, 6) is 0.0709. The second-order valence-electron chi connectivity index (χ2n) is 5.57. The van der Waals surface area contributed by atoms with Gasteiger partial charge in [0.15, 0.2) is 0 Å². The van der Waals surface area contributed by atoms with Gasteiger partial charge >= 0.3 is 0 Å². The molecule has 1 saturated heterocycles. The molecule has 19 heavy (non-hydrogen) atoms. The molecule has 0 bridgehead atoms. The number of nitrogens with zero attached hydrogens (tertiary/aromatic N) is 2. The van der Waals surface area contributed by atoms with Crippen LogP contribution in [0.4, 0.5) is 5.69 Å². The Labute approximate surface area is 114 Å². The number of rotatable bonds is 1. The van der Waals surface area contributed by atoms with Crippen LogP contribution in [-0.2, 0) is 4.79 Å². The van der Waals surface area contributed by atoms with Crippen LogP contribution >= 0.6 is 0 Å². The van der Waals surface area contributed by atoms with Crippen molar-refractivity contribution in [2.45, 2.75) is 38.8 Å². The van der Waals surface area contributed by atoms with Crippen molar-refractivity contribution in [3.63, 3.8) is 0 Å². The molecule has 0 aliphatic carbocycles. The van der Waals surface area contributed by atoms with Gasteiger partial charge in [0.25, 0.3) is 0 Å². The average molecular weight is 257 g/mol. The topological polar surface area (TPSA) is 56.1 Å². The molecule has 100 valence electrons. The monoisotopic (exact) mass is 257 g/mol. The van der Waals surface area contributed by atoms with Crippen molar-refractivity contribution in [1.29, 1.82) is 5.26 Å². The second-order valence-corrected chi connectivity index (χ2v) is 5.57. The van der Waals surface area contributed by atoms with Gasteiger partial charge in [-0.25, -0.2) is 0 Å². The van der Waals surface area contributed by atoms with Crippen LogP contribution in [0.1, 0.15) is 32.8 Å². The third-order valence-electron chi connectivity index (χ3n) is 3.48. The highest BCUT2D eigenvalue weighted by Gasteiger charge is 2.36. The van der Waals surface area contributed by atoms with Gasteiger partial charge in [0.1, 0.15) is 0 Å². The summed E-state index contributed by atoms with van der Waals surface area (Å²) in [6.07, 6.45) is 0.912. The fourth-order valence-electron chi connectivity index (χ4n) is 2.47. The molecule has 1 unspecified atom stereocenters. The maximum absolute atomic E-state index is 12.6. The van der Waals surface area contributed by atoms with E-state index in [1.54, 1.807) is 17.0 Å². The molecule has 1 aromatic rings. The Balaban J connectivity index is 2.31. The largest absolute Gasteiger partial charge is 0.311 e. The predicted molar refractivity (Wildman–Crippen MR) is 74.8 cm³/mol. The molecule has 4 heteroatoms. The van der Waals surface area contributed by atoms with Crippen LogP contribution < -0.4 is 10.2 Å². The zero-order chi connectivity index (χ0) is 14.0. The minimum Gasteiger partial charge on any atom is -0.311 e. The number of nitriles is 1. The Morgan fingerprint density at radius 2 is 2.00 bits per heavy atom. The Kier molecular flexibility index (Phi) is 3.59. The lowest BCUT2D eigenvalue weighted by Crippen LogP contribution is -2.53. The SMILES string of the molecule is CC1CCN(c2ccc(C#N)cc2)C(=O)C(C)(C)N1. The van der Waals surface area contributed by atoms with Gasteiger partial charge in [0.2, 0.25) is 5.91 Å². The van der Waals surface area contributed by atoms with Gasteiger partial charge in [0, 0.05) is 18.3 Å². The van der Waals surface area contributed by atoms with Crippen molar-refractivity contribution in [2.75, 3.05) is 11.4 Å². The fraction of sp³-hybridized carbons (Fsp3) is 0.467. The Bertz CT molecular complexity index is 513. The third-order valence-corrected chi connectivity index (χ3v) is 3.48. The number of nitrogens with one attached hydrogen (secondary N) is 1. The molecule has 0 radical (unpaired) electrons. The molecule has 1 amide bonds. The first-order chi connectivity index (χ1) is 8.94. The summed E-state index contributed by atoms with van der Waals surface area (Å²) in [7, 11) is 0. The number of carbonyl (C=O) groups is 1. The average Bonchev–Trinajstić information content (AvgIpc) is 2.47. The standard InChI is InChI=1S/C15H19N3O/c1-11-8-9-18(14(19)15(2,3)17-11)13-6-4-12(10-16)5-7-13/h4-7,11,17H,8-9H2,1-3H3. The number of anilines is 1. The van der Waals surface area contributed by atoms with Gasteiger partial charge in [-0.1, -0.05) is 0 Å². The van der Waals surface area contributed by atoms with Crippen molar-refractivity contribution in [3.8, 4) is 6.07 Å². The summed E-state index contributed by atoms with van der Waals surface area (Å²) in [5, 5.41) is 12.2. The minimum atomic E-state index is -0.566. The number of amides is 1. The molecule has 1 atom stereocenters. The lowest BCUT2D eigenvalue weighted by molar-refractivity contribution is -0.123. The smallest absolute Gasteiger partial charge is 0.246 e. The molecule has 1 fully saturated rings. The van der Waals surface area contributed by atoms with Gasteiger partial charge in [-0.3, -0.25) is 4.79 Å². The van der Waals surface area contributed by atoms with Gasteiger partial charge in [-0.05, 0) is 51.5 Å². The van der Waals surface area contributed by atoms with Crippen molar-refractivity contribution in [1.82, 2.24) is 5.32 Å². The molecule has 1 N–H and O–H groups in total. The summed E-state index contributed by atoms with van der Waals surface area (Å²) in [5.41, 5.74) is 0.897. The second kappa shape index (κ2) is 5.02. The summed E-state index contributed by atoms with van der Waals surface area (Å²) >= 11 is 0. The first-order valence-corrected chi connectivity index (χ1v) is 6.54. The van der Waals surface area contributed by atoms with E-state index in [4.69, 9.17) is 5.26 Å². The van der Waals surface area contributed by atoms with E-state index in [0.717, 1.165) is 12.1 Å². The fourth-order valence-corrected chi connectivity index (χ4v) is 2.47. The maximum Gasteiger partial charge on any atom is 0.246 e. The van der Waals surface area contributed by atoms with Crippen LogP contribution in [0.15, 0.2) is 24.3 Å². The van der Waals surface area contributed by atoms with Gasteiger partial charge in [-0.15, -0.1) is 0 Å². The van der Waals surface area contributed by atoms with Crippen LogP contribution in [0.2, 0.25) is 0 Å². The third kappa shape index (κ3) is 2.77. The Morgan fingerprint density at radius 1 is 1.37 bits per heavy atom. The lowest BCUT2D eigenvalue weighted by Gasteiger charge is -2.29. The van der Waals surface area contributed by atoms with Crippen molar-refractivity contribution in [3.05, 3.63) is 29.8 Å². The van der Waals surface area contributed by atoms with Gasteiger partial charge in [-0.2, -0.15) is 5.26 Å². The van der Waals surface area contributed by atoms with Crippen LogP contribution in [0, 0.1) is 11.3 Å². The Hall–Kier alpha value is -1.86. The van der Waals surface area contributed by atoms with E-state index in [1.807, 2.05) is 26.0 Å². The first-order valence-electron chi connectivity index (χ1n) is 6.54. The van der Waals surface area contributed by atoms with Gasteiger partial charge in [0.05, 0.1) is 17.2 Å². The quantitative estimate of drug-likeness (QED) is 0.837. The molecule has 0 saturated carbocycles. The summed E-state index contributed by atoms with van der Waals surface area (Å²) < 4.78 is 0. The molecule has 1 aliphatic heterocycles. The molecule has 1 aromatic carbocycles.